The predicted molar refractivity (Wildman–Crippen MR) is 93.6 cm³/mol. The van der Waals surface area contributed by atoms with Gasteiger partial charge in [0.15, 0.2) is 6.10 Å². The van der Waals surface area contributed by atoms with E-state index in [0.717, 1.165) is 11.4 Å². The number of nitrogens with one attached hydrogen (secondary N) is 1. The average Bonchev–Trinajstić information content (AvgIpc) is 2.88. The number of hydrogen-bond acceptors (Lipinski definition) is 5. The van der Waals surface area contributed by atoms with E-state index >= 15 is 0 Å². The molecule has 8 heteroatoms. The first-order valence-corrected chi connectivity index (χ1v) is 8.67. The molecule has 1 aromatic carbocycles. The van der Waals surface area contributed by atoms with Gasteiger partial charge in [-0.1, -0.05) is 48.4 Å². The number of amides is 1. The van der Waals surface area contributed by atoms with Gasteiger partial charge < -0.3 is 4.74 Å². The number of carbonyl (C=O) groups is 1. The first-order chi connectivity index (χ1) is 10.8. The number of benzene rings is 1. The Morgan fingerprint density at radius 2 is 2.04 bits per heavy atom. The Morgan fingerprint density at radius 1 is 1.30 bits per heavy atom. The Hall–Kier alpha value is -1.37. The molecule has 1 unspecified atom stereocenters. The number of hydrogen-bond donors (Lipinski definition) is 1. The topological polar surface area (TPSA) is 64.1 Å². The third-order valence-electron chi connectivity index (χ3n) is 2.85. The maximum atomic E-state index is 12.2. The number of anilines is 1. The van der Waals surface area contributed by atoms with Crippen LogP contribution in [-0.2, 0) is 11.2 Å². The van der Waals surface area contributed by atoms with Crippen LogP contribution in [0.3, 0.4) is 0 Å². The normalized spacial score (nSPS) is 12.3. The summed E-state index contributed by atoms with van der Waals surface area (Å²) in [6.07, 6.45) is 0.103. The van der Waals surface area contributed by atoms with E-state index in [-0.39, 0.29) is 5.91 Å². The van der Waals surface area contributed by atoms with Crippen molar-refractivity contribution >= 4 is 45.6 Å². The minimum Gasteiger partial charge on any atom is -0.479 e. The van der Waals surface area contributed by atoms with E-state index in [0.29, 0.717) is 26.8 Å². The average molecular weight is 374 g/mol. The molecule has 5 nitrogen and oxygen atoms in total. The highest BCUT2D eigenvalue weighted by Crippen LogP contribution is 2.28. The molecule has 124 valence electrons. The molecule has 1 amide bonds. The first-order valence-electron chi connectivity index (χ1n) is 7.10. The van der Waals surface area contributed by atoms with Crippen LogP contribution in [0, 0.1) is 5.92 Å². The number of ether oxygens (including phenoxy) is 1. The standard InChI is InChI=1S/C15H17Cl2N3O2S/c1-8(2)6-13-19-20-15(23-13)18-14(21)9(3)22-12-5-4-10(16)7-11(12)17/h4-5,7-9H,6H2,1-3H3,(H,18,20,21). The maximum Gasteiger partial charge on any atom is 0.266 e. The van der Waals surface area contributed by atoms with Crippen LogP contribution < -0.4 is 10.1 Å². The largest absolute Gasteiger partial charge is 0.479 e. The molecule has 0 aliphatic heterocycles. The van der Waals surface area contributed by atoms with Gasteiger partial charge in [-0.25, -0.2) is 0 Å². The van der Waals surface area contributed by atoms with Gasteiger partial charge >= 0.3 is 0 Å². The minimum atomic E-state index is -0.730. The lowest BCUT2D eigenvalue weighted by Crippen LogP contribution is -2.30. The van der Waals surface area contributed by atoms with Crippen LogP contribution in [0.1, 0.15) is 25.8 Å². The number of carbonyl (C=O) groups excluding carboxylic acids is 1. The SMILES string of the molecule is CC(C)Cc1nnc(NC(=O)C(C)Oc2ccc(Cl)cc2Cl)s1. The summed E-state index contributed by atoms with van der Waals surface area (Å²) in [6, 6.07) is 4.84. The van der Waals surface area contributed by atoms with Gasteiger partial charge in [0.2, 0.25) is 5.13 Å². The molecule has 0 radical (unpaired) electrons. The molecule has 23 heavy (non-hydrogen) atoms. The third kappa shape index (κ3) is 5.34. The second-order valence-corrected chi connectivity index (χ2v) is 7.33. The molecule has 1 aromatic heterocycles. The summed E-state index contributed by atoms with van der Waals surface area (Å²) in [5.41, 5.74) is 0. The Morgan fingerprint density at radius 3 is 2.70 bits per heavy atom. The number of halogens is 2. The van der Waals surface area contributed by atoms with Gasteiger partial charge in [0.1, 0.15) is 10.8 Å². The van der Waals surface area contributed by atoms with Gasteiger partial charge in [-0.3, -0.25) is 10.1 Å². The van der Waals surface area contributed by atoms with Crippen molar-refractivity contribution in [2.75, 3.05) is 5.32 Å². The van der Waals surface area contributed by atoms with Crippen molar-refractivity contribution in [1.29, 1.82) is 0 Å². The summed E-state index contributed by atoms with van der Waals surface area (Å²) in [7, 11) is 0. The zero-order valence-corrected chi connectivity index (χ0v) is 15.3. The molecule has 1 N–H and O–H groups in total. The lowest BCUT2D eigenvalue weighted by molar-refractivity contribution is -0.122. The van der Waals surface area contributed by atoms with Crippen molar-refractivity contribution in [2.45, 2.75) is 33.3 Å². The second-order valence-electron chi connectivity index (χ2n) is 5.42. The van der Waals surface area contributed by atoms with Crippen LogP contribution in [0.25, 0.3) is 0 Å². The number of nitrogens with zero attached hydrogens (tertiary/aromatic N) is 2. The van der Waals surface area contributed by atoms with E-state index in [4.69, 9.17) is 27.9 Å². The molecule has 0 saturated carbocycles. The van der Waals surface area contributed by atoms with Gasteiger partial charge in [0.05, 0.1) is 5.02 Å². The highest BCUT2D eigenvalue weighted by molar-refractivity contribution is 7.15. The van der Waals surface area contributed by atoms with E-state index in [1.54, 1.807) is 25.1 Å². The summed E-state index contributed by atoms with van der Waals surface area (Å²) in [5, 5.41) is 12.9. The molecule has 0 aliphatic carbocycles. The van der Waals surface area contributed by atoms with Gasteiger partial charge in [-0.2, -0.15) is 0 Å². The molecule has 0 fully saturated rings. The van der Waals surface area contributed by atoms with E-state index in [1.807, 2.05) is 0 Å². The quantitative estimate of drug-likeness (QED) is 0.812. The van der Waals surface area contributed by atoms with Crippen molar-refractivity contribution in [2.24, 2.45) is 5.92 Å². The van der Waals surface area contributed by atoms with Gasteiger partial charge in [-0.05, 0) is 31.0 Å². The summed E-state index contributed by atoms with van der Waals surface area (Å²) >= 11 is 13.2. The van der Waals surface area contributed by atoms with E-state index in [1.165, 1.54) is 11.3 Å². The van der Waals surface area contributed by atoms with Crippen molar-refractivity contribution in [3.63, 3.8) is 0 Å². The van der Waals surface area contributed by atoms with Crippen LogP contribution in [0.2, 0.25) is 10.0 Å². The molecule has 0 bridgehead atoms. The fourth-order valence-corrected chi connectivity index (χ4v) is 3.17. The highest BCUT2D eigenvalue weighted by atomic mass is 35.5. The zero-order chi connectivity index (χ0) is 17.0. The van der Waals surface area contributed by atoms with Crippen LogP contribution >= 0.6 is 34.5 Å². The maximum absolute atomic E-state index is 12.2. The Balaban J connectivity index is 1.95. The van der Waals surface area contributed by atoms with Crippen molar-refractivity contribution in [3.05, 3.63) is 33.3 Å². The van der Waals surface area contributed by atoms with Crippen LogP contribution in [0.4, 0.5) is 5.13 Å². The van der Waals surface area contributed by atoms with E-state index in [9.17, 15) is 4.79 Å². The van der Waals surface area contributed by atoms with Crippen molar-refractivity contribution in [1.82, 2.24) is 10.2 Å². The van der Waals surface area contributed by atoms with Gasteiger partial charge in [-0.15, -0.1) is 10.2 Å². The summed E-state index contributed by atoms with van der Waals surface area (Å²) in [5.74, 6) is 0.570. The fraction of sp³-hybridized carbons (Fsp3) is 0.400. The first kappa shape index (κ1) is 18.0. The van der Waals surface area contributed by atoms with Crippen LogP contribution in [0.5, 0.6) is 5.75 Å². The smallest absolute Gasteiger partial charge is 0.266 e. The van der Waals surface area contributed by atoms with Gasteiger partial charge in [0, 0.05) is 11.4 Å². The predicted octanol–water partition coefficient (Wildman–Crippen LogP) is 4.45. The second kappa shape index (κ2) is 7.95. The molecule has 0 saturated heterocycles. The summed E-state index contributed by atoms with van der Waals surface area (Å²) < 4.78 is 5.56. The third-order valence-corrected chi connectivity index (χ3v) is 4.24. The molecule has 2 aromatic rings. The molecule has 2 rings (SSSR count). The van der Waals surface area contributed by atoms with Crippen molar-refractivity contribution in [3.8, 4) is 5.75 Å². The molecular weight excluding hydrogens is 357 g/mol. The van der Waals surface area contributed by atoms with E-state index in [2.05, 4.69) is 29.4 Å². The zero-order valence-electron chi connectivity index (χ0n) is 13.0. The fourth-order valence-electron chi connectivity index (χ4n) is 1.76. The number of rotatable bonds is 6. The highest BCUT2D eigenvalue weighted by Gasteiger charge is 2.18. The summed E-state index contributed by atoms with van der Waals surface area (Å²) in [6.45, 7) is 5.84. The Kier molecular flexibility index (Phi) is 6.21. The lowest BCUT2D eigenvalue weighted by Gasteiger charge is -2.14. The van der Waals surface area contributed by atoms with Crippen molar-refractivity contribution < 1.29 is 9.53 Å². The monoisotopic (exact) mass is 373 g/mol. The molecule has 1 heterocycles. The summed E-state index contributed by atoms with van der Waals surface area (Å²) in [4.78, 5) is 12.2. The lowest BCUT2D eigenvalue weighted by atomic mass is 10.1. The molecule has 0 aliphatic rings. The van der Waals surface area contributed by atoms with Crippen LogP contribution in [-0.4, -0.2) is 22.2 Å². The Labute approximate surface area is 149 Å². The number of aromatic nitrogens is 2. The molecule has 1 atom stereocenters. The van der Waals surface area contributed by atoms with Crippen LogP contribution in [0.15, 0.2) is 18.2 Å². The molecule has 0 spiro atoms. The van der Waals surface area contributed by atoms with Gasteiger partial charge in [0.25, 0.3) is 5.91 Å². The van der Waals surface area contributed by atoms with E-state index < -0.39 is 6.10 Å². The Bertz CT molecular complexity index is 691. The minimum absolute atomic E-state index is 0.316. The molecular formula is C15H17Cl2N3O2S.